The molecule has 0 spiro atoms. The van der Waals surface area contributed by atoms with Gasteiger partial charge in [-0.1, -0.05) is 20.8 Å². The molecule has 2 rings (SSSR count). The highest BCUT2D eigenvalue weighted by molar-refractivity contribution is 6.43. The van der Waals surface area contributed by atoms with Crippen LogP contribution in [0.3, 0.4) is 0 Å². The van der Waals surface area contributed by atoms with Crippen molar-refractivity contribution in [2.45, 2.75) is 47.6 Å². The Balaban J connectivity index is 2.36. The molecule has 3 N–H and O–H groups in total. The lowest BCUT2D eigenvalue weighted by Gasteiger charge is -2.27. The van der Waals surface area contributed by atoms with Gasteiger partial charge in [-0.2, -0.15) is 0 Å². The summed E-state index contributed by atoms with van der Waals surface area (Å²) in [6.45, 7) is 9.63. The van der Waals surface area contributed by atoms with Crippen molar-refractivity contribution in [3.8, 4) is 0 Å². The second kappa shape index (κ2) is 8.94. The van der Waals surface area contributed by atoms with Crippen LogP contribution in [0, 0.1) is 32.0 Å². The number of carbonyl (C=O) groups is 4. The van der Waals surface area contributed by atoms with E-state index in [9.17, 15) is 28.7 Å². The first kappa shape index (κ1) is 24.8. The van der Waals surface area contributed by atoms with Crippen LogP contribution in [-0.2, 0) is 16.6 Å². The van der Waals surface area contributed by atoms with E-state index >= 15 is 0 Å². The number of nitrogens with one attached hydrogen (secondary N) is 2. The second-order valence-electron chi connectivity index (χ2n) is 8.85. The normalized spacial score (nSPS) is 12.2. The summed E-state index contributed by atoms with van der Waals surface area (Å²) in [7, 11) is 1.54. The van der Waals surface area contributed by atoms with Crippen molar-refractivity contribution in [3.63, 3.8) is 0 Å². The summed E-state index contributed by atoms with van der Waals surface area (Å²) in [5.74, 6) is -4.19. The summed E-state index contributed by atoms with van der Waals surface area (Å²) in [6, 6.07) is 2.87. The Morgan fingerprint density at radius 2 is 1.69 bits per heavy atom. The van der Waals surface area contributed by atoms with Gasteiger partial charge in [0.2, 0.25) is 0 Å². The number of anilines is 1. The van der Waals surface area contributed by atoms with E-state index in [0.29, 0.717) is 16.9 Å². The van der Waals surface area contributed by atoms with Crippen molar-refractivity contribution in [2.24, 2.45) is 12.5 Å². The Morgan fingerprint density at radius 1 is 1.09 bits per heavy atom. The Hall–Kier alpha value is -3.49. The SMILES string of the molecule is Cc1cc(NC(=O)c2c(C)c(C(=O)C(=O)N[C@H](C(=O)O)C(C)(C)C)n(C)c2C)ccc1F. The van der Waals surface area contributed by atoms with Crippen LogP contribution in [0.15, 0.2) is 18.2 Å². The third kappa shape index (κ3) is 4.87. The molecule has 0 fully saturated rings. The summed E-state index contributed by atoms with van der Waals surface area (Å²) in [4.78, 5) is 49.9. The van der Waals surface area contributed by atoms with Gasteiger partial charge < -0.3 is 20.3 Å². The number of aromatic nitrogens is 1. The van der Waals surface area contributed by atoms with E-state index in [4.69, 9.17) is 0 Å². The topological polar surface area (TPSA) is 118 Å². The maximum Gasteiger partial charge on any atom is 0.326 e. The quantitative estimate of drug-likeness (QED) is 0.466. The molecule has 0 unspecified atom stereocenters. The molecule has 1 aromatic carbocycles. The molecule has 0 bridgehead atoms. The van der Waals surface area contributed by atoms with E-state index in [1.54, 1.807) is 41.7 Å². The van der Waals surface area contributed by atoms with E-state index < -0.39 is 40.8 Å². The van der Waals surface area contributed by atoms with Crippen LogP contribution in [0.4, 0.5) is 10.1 Å². The molecule has 8 nitrogen and oxygen atoms in total. The number of nitrogens with zero attached hydrogens (tertiary/aromatic N) is 1. The Morgan fingerprint density at radius 3 is 2.19 bits per heavy atom. The molecular formula is C23H28FN3O5. The Kier molecular flexibility index (Phi) is 6.92. The van der Waals surface area contributed by atoms with Crippen LogP contribution in [0.25, 0.3) is 0 Å². The van der Waals surface area contributed by atoms with Gasteiger partial charge in [0.15, 0.2) is 0 Å². The molecule has 9 heteroatoms. The minimum absolute atomic E-state index is 0.0153. The van der Waals surface area contributed by atoms with Crippen LogP contribution in [-0.4, -0.2) is 39.3 Å². The lowest BCUT2D eigenvalue weighted by atomic mass is 9.86. The number of aliphatic carboxylic acids is 1. The summed E-state index contributed by atoms with van der Waals surface area (Å²) < 4.78 is 14.9. The highest BCUT2D eigenvalue weighted by Crippen LogP contribution is 2.24. The molecule has 0 aliphatic carbocycles. The molecule has 0 aliphatic heterocycles. The summed E-state index contributed by atoms with van der Waals surface area (Å²) in [5, 5.41) is 14.4. The molecule has 0 aliphatic rings. The van der Waals surface area contributed by atoms with Gasteiger partial charge in [0, 0.05) is 18.4 Å². The number of amides is 2. The number of rotatable bonds is 6. The molecule has 1 atom stereocenters. The monoisotopic (exact) mass is 445 g/mol. The zero-order chi connectivity index (χ0) is 24.5. The van der Waals surface area contributed by atoms with E-state index in [2.05, 4.69) is 10.6 Å². The minimum atomic E-state index is -1.27. The van der Waals surface area contributed by atoms with Crippen molar-refractivity contribution in [2.75, 3.05) is 5.32 Å². The number of hydrogen-bond acceptors (Lipinski definition) is 4. The van der Waals surface area contributed by atoms with Crippen LogP contribution >= 0.6 is 0 Å². The summed E-state index contributed by atoms with van der Waals surface area (Å²) in [6.07, 6.45) is 0. The molecule has 1 aromatic heterocycles. The van der Waals surface area contributed by atoms with Crippen molar-refractivity contribution < 1.29 is 28.7 Å². The predicted molar refractivity (Wildman–Crippen MR) is 117 cm³/mol. The maximum absolute atomic E-state index is 13.5. The highest BCUT2D eigenvalue weighted by atomic mass is 19.1. The molecule has 2 aromatic rings. The number of ketones is 1. The summed E-state index contributed by atoms with van der Waals surface area (Å²) in [5.41, 5.74) is 0.846. The average Bonchev–Trinajstić information content (AvgIpc) is 2.89. The minimum Gasteiger partial charge on any atom is -0.480 e. The number of benzene rings is 1. The van der Waals surface area contributed by atoms with E-state index in [1.165, 1.54) is 29.7 Å². The van der Waals surface area contributed by atoms with E-state index in [1.807, 2.05) is 0 Å². The van der Waals surface area contributed by atoms with Gasteiger partial charge in [-0.25, -0.2) is 9.18 Å². The first-order valence-electron chi connectivity index (χ1n) is 9.98. The largest absolute Gasteiger partial charge is 0.480 e. The van der Waals surface area contributed by atoms with Crippen molar-refractivity contribution >= 4 is 29.3 Å². The zero-order valence-electron chi connectivity index (χ0n) is 19.2. The van der Waals surface area contributed by atoms with Gasteiger partial charge in [-0.15, -0.1) is 0 Å². The predicted octanol–water partition coefficient (Wildman–Crippen LogP) is 3.14. The fourth-order valence-corrected chi connectivity index (χ4v) is 3.50. The van der Waals surface area contributed by atoms with Gasteiger partial charge in [-0.3, -0.25) is 14.4 Å². The zero-order valence-corrected chi connectivity index (χ0v) is 19.2. The van der Waals surface area contributed by atoms with E-state index in [-0.39, 0.29) is 16.8 Å². The molecule has 2 amide bonds. The number of carboxylic acid groups (broad SMARTS) is 1. The smallest absolute Gasteiger partial charge is 0.326 e. The van der Waals surface area contributed by atoms with Gasteiger partial charge in [-0.05, 0) is 55.5 Å². The van der Waals surface area contributed by atoms with Crippen molar-refractivity contribution in [3.05, 3.63) is 52.1 Å². The van der Waals surface area contributed by atoms with Gasteiger partial charge in [0.1, 0.15) is 11.9 Å². The first-order chi connectivity index (χ1) is 14.7. The Labute approximate surface area is 185 Å². The van der Waals surface area contributed by atoms with Crippen molar-refractivity contribution in [1.82, 2.24) is 9.88 Å². The number of Topliss-reactive ketones (excluding diaryl/α,β-unsaturated/α-hetero) is 1. The number of carboxylic acids is 1. The molecule has 0 saturated carbocycles. The van der Waals surface area contributed by atoms with Crippen LogP contribution in [0.1, 0.15) is 58.4 Å². The highest BCUT2D eigenvalue weighted by Gasteiger charge is 2.36. The molecule has 32 heavy (non-hydrogen) atoms. The fourth-order valence-electron chi connectivity index (χ4n) is 3.50. The third-order valence-electron chi connectivity index (χ3n) is 5.38. The second-order valence-corrected chi connectivity index (χ2v) is 8.85. The molecule has 0 saturated heterocycles. The Bertz CT molecular complexity index is 1110. The van der Waals surface area contributed by atoms with Crippen molar-refractivity contribution in [1.29, 1.82) is 0 Å². The average molecular weight is 445 g/mol. The third-order valence-corrected chi connectivity index (χ3v) is 5.38. The molecule has 1 heterocycles. The molecular weight excluding hydrogens is 417 g/mol. The van der Waals surface area contributed by atoms with Crippen LogP contribution in [0.2, 0.25) is 0 Å². The number of aryl methyl sites for hydroxylation is 1. The number of hydrogen-bond donors (Lipinski definition) is 3. The molecule has 0 radical (unpaired) electrons. The first-order valence-corrected chi connectivity index (χ1v) is 9.98. The van der Waals surface area contributed by atoms with Gasteiger partial charge in [0.25, 0.3) is 17.6 Å². The standard InChI is InChI=1S/C23H28FN3O5/c1-11-10-14(8-9-15(11)24)25-20(29)16-12(2)17(27(7)13(16)3)18(28)21(30)26-19(22(31)32)23(4,5)6/h8-10,19H,1-7H3,(H,25,29)(H,26,30)(H,31,32)/t19-/m1/s1. The van der Waals surface area contributed by atoms with Gasteiger partial charge in [0.05, 0.1) is 11.3 Å². The molecule has 172 valence electrons. The lowest BCUT2D eigenvalue weighted by Crippen LogP contribution is -2.51. The van der Waals surface area contributed by atoms with Crippen LogP contribution < -0.4 is 10.6 Å². The number of halogens is 1. The van der Waals surface area contributed by atoms with Gasteiger partial charge >= 0.3 is 5.97 Å². The number of carbonyl (C=O) groups excluding carboxylic acids is 3. The van der Waals surface area contributed by atoms with Crippen LogP contribution in [0.5, 0.6) is 0 Å². The lowest BCUT2D eigenvalue weighted by molar-refractivity contribution is -0.144. The van der Waals surface area contributed by atoms with E-state index in [0.717, 1.165) is 0 Å². The fraction of sp³-hybridized carbons (Fsp3) is 0.391. The summed E-state index contributed by atoms with van der Waals surface area (Å²) >= 11 is 0. The maximum atomic E-state index is 13.5.